The molecule has 0 unspecified atom stereocenters. The fourth-order valence-corrected chi connectivity index (χ4v) is 46.9. The van der Waals surface area contributed by atoms with Crippen LogP contribution in [0.25, 0.3) is 0 Å². The van der Waals surface area contributed by atoms with Crippen molar-refractivity contribution >= 4 is 60.9 Å². The van der Waals surface area contributed by atoms with Crippen LogP contribution in [-0.4, -0.2) is 64.1 Å². The third-order valence-electron chi connectivity index (χ3n) is 5.90. The molecule has 0 amide bonds. The Morgan fingerprint density at radius 2 is 0.600 bits per heavy atom. The van der Waals surface area contributed by atoms with Gasteiger partial charge < -0.3 is 8.28 Å². The van der Waals surface area contributed by atoms with Gasteiger partial charge in [-0.25, -0.2) is 0 Å². The number of hydrogen-bond acceptors (Lipinski definition) is 2. The van der Waals surface area contributed by atoms with Crippen molar-refractivity contribution in [3.05, 3.63) is 0 Å². The van der Waals surface area contributed by atoms with Gasteiger partial charge in [-0.15, -0.1) is 15.4 Å². The molecule has 0 aliphatic carbocycles. The molecule has 1 fully saturated rings. The third-order valence-corrected chi connectivity index (χ3v) is 31.5. The van der Waals surface area contributed by atoms with Gasteiger partial charge >= 0.3 is 0 Å². The smallest absolute Gasteiger partial charge is 0.255 e. The van der Waals surface area contributed by atoms with Crippen LogP contribution in [0.4, 0.5) is 0 Å². The van der Waals surface area contributed by atoms with Crippen LogP contribution < -0.4 is 0 Å². The summed E-state index contributed by atoms with van der Waals surface area (Å²) >= 11 is 0. The molecular weight excluding hydrogens is 464 g/mol. The average molecular weight is 519 g/mol. The molecular formula is C20H54B2N2P2Si4. The average Bonchev–Trinajstić information content (AvgIpc) is 2.25. The lowest BCUT2D eigenvalue weighted by Gasteiger charge is -2.70. The Kier molecular flexibility index (Phi) is 8.72. The predicted octanol–water partition coefficient (Wildman–Crippen LogP) is 8.47. The first-order chi connectivity index (χ1) is 12.7. The minimum absolute atomic E-state index is 0.0856. The highest BCUT2D eigenvalue weighted by Crippen LogP contribution is 2.84. The van der Waals surface area contributed by atoms with E-state index in [0.29, 0.717) is 10.3 Å². The van der Waals surface area contributed by atoms with Crippen molar-refractivity contribution in [2.45, 2.75) is 130 Å². The van der Waals surface area contributed by atoms with E-state index in [1.165, 1.54) is 0 Å². The first-order valence-electron chi connectivity index (χ1n) is 11.9. The Balaban J connectivity index is 3.84. The molecule has 0 atom stereocenters. The van der Waals surface area contributed by atoms with Crippen molar-refractivity contribution in [1.82, 2.24) is 8.28 Å². The highest BCUT2D eigenvalue weighted by molar-refractivity contribution is 8.60. The van der Waals surface area contributed by atoms with Crippen molar-refractivity contribution in [1.29, 1.82) is 0 Å². The van der Waals surface area contributed by atoms with Crippen molar-refractivity contribution in [2.24, 2.45) is 0 Å². The summed E-state index contributed by atoms with van der Waals surface area (Å²) in [5.74, 6) is 0. The van der Waals surface area contributed by atoms with E-state index in [2.05, 4.69) is 128 Å². The van der Waals surface area contributed by atoms with Gasteiger partial charge in [0.15, 0.2) is 0 Å². The molecule has 1 saturated heterocycles. The fraction of sp³-hybridized carbons (Fsp3) is 1.00. The number of hydrogen-bond donors (Lipinski definition) is 0. The second kappa shape index (κ2) is 8.77. The highest BCUT2D eigenvalue weighted by Gasteiger charge is 2.69. The Labute approximate surface area is 199 Å². The zero-order chi connectivity index (χ0) is 24.5. The zero-order valence-corrected chi connectivity index (χ0v) is 29.7. The fourth-order valence-electron chi connectivity index (χ4n) is 5.72. The lowest BCUT2D eigenvalue weighted by atomic mass is 10.2. The maximum atomic E-state index is 3.23. The Bertz CT molecular complexity index is 521. The molecule has 0 N–H and O–H groups in total. The van der Waals surface area contributed by atoms with E-state index in [1.807, 2.05) is 0 Å². The molecule has 176 valence electrons. The number of nitrogens with zero attached hydrogens (tertiary/aromatic N) is 2. The normalized spacial score (nSPS) is 22.8. The van der Waals surface area contributed by atoms with Gasteiger partial charge in [0.25, 0.3) is 12.6 Å². The maximum absolute atomic E-state index is 3.23. The van der Waals surface area contributed by atoms with Crippen LogP contribution >= 0.6 is 15.4 Å². The summed E-state index contributed by atoms with van der Waals surface area (Å²) in [4.78, 5) is 0. The Morgan fingerprint density at radius 1 is 0.433 bits per heavy atom. The molecule has 0 aromatic rings. The summed E-state index contributed by atoms with van der Waals surface area (Å²) in [6.45, 7) is 47.0. The van der Waals surface area contributed by atoms with Gasteiger partial charge in [-0.1, -0.05) is 120 Å². The monoisotopic (exact) mass is 518 g/mol. The molecule has 10 heteroatoms. The van der Waals surface area contributed by atoms with E-state index in [9.17, 15) is 0 Å². The van der Waals surface area contributed by atoms with Crippen LogP contribution in [0, 0.1) is 0 Å². The molecule has 0 spiro atoms. The highest BCUT2D eigenvalue weighted by atomic mass is 31.2. The summed E-state index contributed by atoms with van der Waals surface area (Å²) in [6, 6.07) is 0. The maximum Gasteiger partial charge on any atom is 0.255 e. The van der Waals surface area contributed by atoms with Crippen LogP contribution in [0.5, 0.6) is 0 Å². The summed E-state index contributed by atoms with van der Waals surface area (Å²) in [7, 11) is -5.85. The van der Waals surface area contributed by atoms with Crippen LogP contribution in [0.2, 0.25) is 78.6 Å². The van der Waals surface area contributed by atoms with Gasteiger partial charge in [-0.2, -0.15) is 0 Å². The molecule has 0 bridgehead atoms. The number of rotatable bonds is 6. The van der Waals surface area contributed by atoms with Crippen molar-refractivity contribution in [3.8, 4) is 0 Å². The second-order valence-corrected chi connectivity index (χ2v) is 42.5. The van der Waals surface area contributed by atoms with Gasteiger partial charge in [0, 0.05) is 0 Å². The van der Waals surface area contributed by atoms with Crippen molar-refractivity contribution in [2.75, 3.05) is 0 Å². The summed E-state index contributed by atoms with van der Waals surface area (Å²) in [5.41, 5.74) is 0. The first kappa shape index (κ1) is 29.8. The van der Waals surface area contributed by atoms with Gasteiger partial charge in [-0.05, 0) is 10.3 Å². The van der Waals surface area contributed by atoms with Crippen molar-refractivity contribution in [3.63, 3.8) is 0 Å². The Morgan fingerprint density at radius 3 is 0.700 bits per heavy atom. The molecule has 0 aromatic carbocycles. The van der Waals surface area contributed by atoms with Gasteiger partial charge in [0.05, 0.1) is 0 Å². The van der Waals surface area contributed by atoms with Crippen LogP contribution in [-0.2, 0) is 0 Å². The summed E-state index contributed by atoms with van der Waals surface area (Å²) in [6.07, 6.45) is 1.71. The molecule has 1 heterocycles. The molecule has 2 nitrogen and oxygen atoms in total. The quantitative estimate of drug-likeness (QED) is 0.257. The standard InChI is InChI=1S/C20H54B2N2P2Si4/c1-19(2,3)25-21(23(27(7,8)9)28(10,11)12)26(20(4,5)6)22(25)24(29(13,14)15)30(16,17)18/h1-18H3. The molecule has 0 aromatic heterocycles. The largest absolute Gasteiger partial charge is 0.381 e. The second-order valence-electron chi connectivity index (χ2n) is 15.3. The van der Waals surface area contributed by atoms with E-state index in [4.69, 9.17) is 0 Å². The molecule has 0 saturated carbocycles. The molecule has 1 aliphatic heterocycles. The molecule has 1 aliphatic rings. The lowest BCUT2D eigenvalue weighted by Crippen LogP contribution is -2.76. The van der Waals surface area contributed by atoms with E-state index in [0.717, 1.165) is 12.6 Å². The van der Waals surface area contributed by atoms with E-state index < -0.39 is 32.9 Å². The van der Waals surface area contributed by atoms with Gasteiger partial charge in [-0.3, -0.25) is 0 Å². The lowest BCUT2D eigenvalue weighted by molar-refractivity contribution is 0.782. The zero-order valence-electron chi connectivity index (χ0n) is 23.9. The summed E-state index contributed by atoms with van der Waals surface area (Å²) in [5, 5.41) is 0.813. The van der Waals surface area contributed by atoms with Crippen LogP contribution in [0.3, 0.4) is 0 Å². The summed E-state index contributed by atoms with van der Waals surface area (Å²) < 4.78 is 6.47. The molecule has 30 heavy (non-hydrogen) atoms. The van der Waals surface area contributed by atoms with Gasteiger partial charge in [0.1, 0.15) is 32.9 Å². The minimum Gasteiger partial charge on any atom is -0.381 e. The van der Waals surface area contributed by atoms with Crippen LogP contribution in [0.15, 0.2) is 0 Å². The molecule has 1 rings (SSSR count). The van der Waals surface area contributed by atoms with Crippen LogP contribution in [0.1, 0.15) is 41.5 Å². The Hall–Kier alpha value is 1.78. The minimum atomic E-state index is -1.42. The van der Waals surface area contributed by atoms with E-state index in [-0.39, 0.29) is 15.4 Å². The molecule has 0 radical (unpaired) electrons. The van der Waals surface area contributed by atoms with Crippen molar-refractivity contribution < 1.29 is 0 Å². The third kappa shape index (κ3) is 6.46. The van der Waals surface area contributed by atoms with E-state index in [1.54, 1.807) is 0 Å². The SMILES string of the molecule is CC(C)(C)P1B(N([Si](C)(C)C)[Si](C)(C)C)P(C(C)(C)C)B1N([Si](C)(C)C)[Si](C)(C)C. The van der Waals surface area contributed by atoms with Gasteiger partial charge in [0.2, 0.25) is 0 Å². The predicted molar refractivity (Wildman–Crippen MR) is 162 cm³/mol. The first-order valence-corrected chi connectivity index (χ1v) is 28.6. The topological polar surface area (TPSA) is 6.48 Å². The van der Waals surface area contributed by atoms with E-state index >= 15 is 0 Å².